The highest BCUT2D eigenvalue weighted by Crippen LogP contribution is 2.31. The van der Waals surface area contributed by atoms with E-state index in [0.717, 1.165) is 0 Å². The fourth-order valence-corrected chi connectivity index (χ4v) is 3.25. The second-order valence-corrected chi connectivity index (χ2v) is 6.45. The molecule has 0 bridgehead atoms. The quantitative estimate of drug-likeness (QED) is 0.517. The lowest BCUT2D eigenvalue weighted by molar-refractivity contribution is 0.0978. The molecule has 0 unspecified atom stereocenters. The highest BCUT2D eigenvalue weighted by Gasteiger charge is 2.30. The molecule has 3 aromatic rings. The highest BCUT2D eigenvalue weighted by atomic mass is 79.9. The summed E-state index contributed by atoms with van der Waals surface area (Å²) in [4.78, 5) is 34.9. The molecule has 0 spiro atoms. The molecule has 0 aromatic heterocycles. The van der Waals surface area contributed by atoms with Crippen molar-refractivity contribution in [3.63, 3.8) is 0 Å². The maximum atomic E-state index is 12.3. The first-order valence-electron chi connectivity index (χ1n) is 7.82. The zero-order chi connectivity index (χ0) is 18.7. The van der Waals surface area contributed by atoms with Crippen molar-refractivity contribution in [2.45, 2.75) is 0 Å². The van der Waals surface area contributed by atoms with Crippen molar-refractivity contribution in [1.29, 1.82) is 0 Å². The summed E-state index contributed by atoms with van der Waals surface area (Å²) >= 11 is 3.33. The minimum atomic E-state index is -0.379. The van der Waals surface area contributed by atoms with E-state index in [1.165, 1.54) is 0 Å². The van der Waals surface area contributed by atoms with Gasteiger partial charge in [-0.25, -0.2) is 0 Å². The molecule has 0 saturated heterocycles. The van der Waals surface area contributed by atoms with E-state index in [1.807, 2.05) is 6.07 Å². The largest absolute Gasteiger partial charge is 0.366 e. The molecule has 0 radical (unpaired) electrons. The average Bonchev–Trinajstić information content (AvgIpc) is 2.67. The van der Waals surface area contributed by atoms with Crippen molar-refractivity contribution in [2.24, 2.45) is 5.73 Å². The van der Waals surface area contributed by atoms with Crippen LogP contribution in [0.3, 0.4) is 0 Å². The summed E-state index contributed by atoms with van der Waals surface area (Å²) in [6.45, 7) is 0. The van der Waals surface area contributed by atoms with Gasteiger partial charge in [-0.1, -0.05) is 70.5 Å². The Balaban J connectivity index is 0.000000185. The number of nitrogens with two attached hydrogens (primary N) is 1. The van der Waals surface area contributed by atoms with E-state index in [4.69, 9.17) is 5.73 Å². The van der Waals surface area contributed by atoms with Crippen molar-refractivity contribution in [3.05, 3.63) is 105 Å². The Bertz CT molecular complexity index is 1010. The molecular weight excluding hydrogens is 394 g/mol. The number of ketones is 2. The lowest BCUT2D eigenvalue weighted by atomic mass is 9.84. The lowest BCUT2D eigenvalue weighted by Crippen LogP contribution is -2.21. The molecule has 0 saturated carbocycles. The predicted octanol–water partition coefficient (Wildman–Crippen LogP) is 4.01. The second-order valence-electron chi connectivity index (χ2n) is 5.60. The van der Waals surface area contributed by atoms with Crippen LogP contribution in [0.2, 0.25) is 0 Å². The molecule has 26 heavy (non-hydrogen) atoms. The van der Waals surface area contributed by atoms with E-state index in [1.54, 1.807) is 66.7 Å². The first-order chi connectivity index (χ1) is 12.5. The van der Waals surface area contributed by atoms with Gasteiger partial charge in [-0.3, -0.25) is 14.4 Å². The molecule has 128 valence electrons. The molecule has 5 heteroatoms. The van der Waals surface area contributed by atoms with Gasteiger partial charge >= 0.3 is 0 Å². The number of carbonyl (C=O) groups excluding carboxylic acids is 3. The van der Waals surface area contributed by atoms with Crippen molar-refractivity contribution in [1.82, 2.24) is 0 Å². The molecule has 4 rings (SSSR count). The van der Waals surface area contributed by atoms with Gasteiger partial charge in [-0.05, 0) is 18.2 Å². The Hall–Kier alpha value is -3.05. The molecule has 4 nitrogen and oxygen atoms in total. The summed E-state index contributed by atoms with van der Waals surface area (Å²) in [7, 11) is 0. The first kappa shape index (κ1) is 17.8. The first-order valence-corrected chi connectivity index (χ1v) is 8.62. The fourth-order valence-electron chi connectivity index (χ4n) is 2.71. The molecule has 0 aliphatic heterocycles. The zero-order valence-corrected chi connectivity index (χ0v) is 15.2. The predicted molar refractivity (Wildman–Crippen MR) is 102 cm³/mol. The van der Waals surface area contributed by atoms with Crippen LogP contribution in [0, 0.1) is 0 Å². The molecule has 2 N–H and O–H groups in total. The summed E-state index contributed by atoms with van der Waals surface area (Å²) in [5.74, 6) is -0.560. The van der Waals surface area contributed by atoms with Gasteiger partial charge in [-0.2, -0.15) is 0 Å². The van der Waals surface area contributed by atoms with Crippen LogP contribution in [0.25, 0.3) is 0 Å². The maximum Gasteiger partial charge on any atom is 0.248 e. The van der Waals surface area contributed by atoms with E-state index in [2.05, 4.69) is 15.9 Å². The van der Waals surface area contributed by atoms with E-state index < -0.39 is 0 Å². The average molecular weight is 408 g/mol. The van der Waals surface area contributed by atoms with Crippen molar-refractivity contribution >= 4 is 33.4 Å². The smallest absolute Gasteiger partial charge is 0.248 e. The molecule has 3 aromatic carbocycles. The minimum Gasteiger partial charge on any atom is -0.366 e. The van der Waals surface area contributed by atoms with Crippen LogP contribution in [0.15, 0.2) is 77.3 Å². The van der Waals surface area contributed by atoms with Crippen LogP contribution in [0.4, 0.5) is 0 Å². The Morgan fingerprint density at radius 1 is 0.692 bits per heavy atom. The Morgan fingerprint density at radius 2 is 1.23 bits per heavy atom. The number of primary amides is 1. The van der Waals surface area contributed by atoms with Crippen LogP contribution in [0.1, 0.15) is 42.2 Å². The summed E-state index contributed by atoms with van der Waals surface area (Å²) < 4.78 is 0.669. The highest BCUT2D eigenvalue weighted by molar-refractivity contribution is 9.10. The number of amides is 1. The van der Waals surface area contributed by atoms with Gasteiger partial charge in [0.25, 0.3) is 0 Å². The number of halogens is 1. The van der Waals surface area contributed by atoms with E-state index in [-0.39, 0.29) is 17.5 Å². The Kier molecular flexibility index (Phi) is 5.09. The topological polar surface area (TPSA) is 77.2 Å². The van der Waals surface area contributed by atoms with E-state index in [0.29, 0.717) is 32.3 Å². The van der Waals surface area contributed by atoms with Crippen LogP contribution in [-0.2, 0) is 0 Å². The molecule has 0 heterocycles. The van der Waals surface area contributed by atoms with Crippen molar-refractivity contribution in [2.75, 3.05) is 0 Å². The zero-order valence-electron chi connectivity index (χ0n) is 13.6. The van der Waals surface area contributed by atoms with Crippen LogP contribution in [0.5, 0.6) is 0 Å². The maximum absolute atomic E-state index is 12.3. The number of hydrogen-bond donors (Lipinski definition) is 1. The van der Waals surface area contributed by atoms with Gasteiger partial charge in [-0.15, -0.1) is 0 Å². The van der Waals surface area contributed by atoms with Gasteiger partial charge in [0.1, 0.15) is 0 Å². The number of benzene rings is 3. The summed E-state index contributed by atoms with van der Waals surface area (Å²) in [5.41, 5.74) is 7.44. The third-order valence-electron chi connectivity index (χ3n) is 3.96. The van der Waals surface area contributed by atoms with Crippen LogP contribution < -0.4 is 5.73 Å². The van der Waals surface area contributed by atoms with E-state index in [9.17, 15) is 14.4 Å². The Morgan fingerprint density at radius 3 is 1.81 bits per heavy atom. The van der Waals surface area contributed by atoms with Gasteiger partial charge in [0.2, 0.25) is 5.91 Å². The fraction of sp³-hybridized carbons (Fsp3) is 0. The van der Waals surface area contributed by atoms with Crippen molar-refractivity contribution < 1.29 is 14.4 Å². The summed E-state index contributed by atoms with van der Waals surface area (Å²) in [6.07, 6.45) is 0. The monoisotopic (exact) mass is 407 g/mol. The SMILES string of the molecule is NC(=O)c1ccccc1.O=C1c2ccccc2C(=O)c2c(Br)cccc21. The molecule has 1 aliphatic carbocycles. The lowest BCUT2D eigenvalue weighted by Gasteiger charge is -2.17. The molecular formula is C21H14BrNO3. The normalized spacial score (nSPS) is 11.7. The minimum absolute atomic E-state index is 0.0866. The molecule has 0 fully saturated rings. The van der Waals surface area contributed by atoms with E-state index >= 15 is 0 Å². The molecule has 0 atom stereocenters. The van der Waals surface area contributed by atoms with Gasteiger partial charge in [0.15, 0.2) is 11.6 Å². The molecule has 1 amide bonds. The number of rotatable bonds is 1. The second kappa shape index (κ2) is 7.45. The van der Waals surface area contributed by atoms with Gasteiger partial charge in [0, 0.05) is 32.3 Å². The standard InChI is InChI=1S/C14H7BrO2.C7H7NO/c15-11-7-3-6-10-12(11)14(17)9-5-2-1-4-8(9)13(10)16;8-7(9)6-4-2-1-3-5-6/h1-7H;1-5H,(H2,8,9). The number of fused-ring (bicyclic) bond motifs is 2. The third-order valence-corrected chi connectivity index (χ3v) is 4.62. The van der Waals surface area contributed by atoms with Crippen molar-refractivity contribution in [3.8, 4) is 0 Å². The van der Waals surface area contributed by atoms with Crippen LogP contribution >= 0.6 is 15.9 Å². The summed E-state index contributed by atoms with van der Waals surface area (Å²) in [5, 5.41) is 0. The van der Waals surface area contributed by atoms with Gasteiger partial charge < -0.3 is 5.73 Å². The molecule has 1 aliphatic rings. The van der Waals surface area contributed by atoms with Crippen LogP contribution in [-0.4, -0.2) is 17.5 Å². The summed E-state index contributed by atoms with van der Waals surface area (Å²) in [6, 6.07) is 20.9. The number of hydrogen-bond acceptors (Lipinski definition) is 3. The number of carbonyl (C=O) groups is 3. The third kappa shape index (κ3) is 3.34. The van der Waals surface area contributed by atoms with Gasteiger partial charge in [0.05, 0.1) is 0 Å². The Labute approximate surface area is 158 Å².